The first-order valence-corrected chi connectivity index (χ1v) is 11.8. The Morgan fingerprint density at radius 2 is 1.52 bits per heavy atom. The van der Waals surface area contributed by atoms with Gasteiger partial charge in [0.25, 0.3) is 0 Å². The van der Waals surface area contributed by atoms with Crippen LogP contribution in [-0.2, 0) is 11.3 Å². The number of fused-ring (bicyclic) bond motifs is 1. The molecule has 0 aromatic heterocycles. The molecule has 0 amide bonds. The van der Waals surface area contributed by atoms with Crippen LogP contribution >= 0.6 is 0 Å². The number of unbranched alkanes of at least 4 members (excludes halogenated alkanes) is 2. The van der Waals surface area contributed by atoms with E-state index in [1.54, 1.807) is 0 Å². The topological polar surface area (TPSA) is 65.3 Å². The van der Waals surface area contributed by atoms with Crippen molar-refractivity contribution in [3.63, 3.8) is 0 Å². The molecule has 0 radical (unpaired) electrons. The molecule has 0 fully saturated rings. The Morgan fingerprint density at radius 3 is 2.03 bits per heavy atom. The molecule has 1 atom stereocenters. The summed E-state index contributed by atoms with van der Waals surface area (Å²) in [4.78, 5) is 0. The van der Waals surface area contributed by atoms with Crippen LogP contribution in [0.2, 0.25) is 0 Å². The highest BCUT2D eigenvalue weighted by Crippen LogP contribution is 2.39. The van der Waals surface area contributed by atoms with Crippen LogP contribution in [0.3, 0.4) is 0 Å². The number of benzene rings is 2. The van der Waals surface area contributed by atoms with Gasteiger partial charge in [0.05, 0.1) is 18.8 Å². The van der Waals surface area contributed by atoms with Gasteiger partial charge >= 0.3 is 11.3 Å². The lowest BCUT2D eigenvalue weighted by Gasteiger charge is -2.34. The van der Waals surface area contributed by atoms with Crippen LogP contribution in [0.5, 0.6) is 0 Å². The van der Waals surface area contributed by atoms with E-state index in [4.69, 9.17) is 0 Å². The number of quaternary nitrogens is 1. The van der Waals surface area contributed by atoms with Gasteiger partial charge in [-0.3, -0.25) is 9.56 Å². The molecule has 7 heteroatoms. The molecule has 0 heterocycles. The van der Waals surface area contributed by atoms with Gasteiger partial charge in [-0.05, 0) is 38.8 Å². The first-order chi connectivity index (χ1) is 14.0. The second-order valence-corrected chi connectivity index (χ2v) is 8.41. The zero-order chi connectivity index (χ0) is 21.3. The van der Waals surface area contributed by atoms with Gasteiger partial charge < -0.3 is 0 Å². The van der Waals surface area contributed by atoms with Crippen molar-refractivity contribution >= 4 is 33.4 Å². The largest absolute Gasteiger partial charge is 0.363 e. The minimum Gasteiger partial charge on any atom is -0.279 e. The summed E-state index contributed by atoms with van der Waals surface area (Å²) >= 11 is -2.02. The third-order valence-electron chi connectivity index (χ3n) is 5.37. The normalized spacial score (nSPS) is 13.3. The van der Waals surface area contributed by atoms with Crippen LogP contribution in [-0.4, -0.2) is 39.9 Å². The van der Waals surface area contributed by atoms with Crippen LogP contribution in [0, 0.1) is 0 Å². The molecule has 1 unspecified atom stereocenters. The second-order valence-electron chi connectivity index (χ2n) is 7.25. The Balaban J connectivity index is 2.64. The SMILES string of the molecule is CCCC[N+](CCCC)(c1ccc(N=NN(CC)CC)c2ccccc12)S(=O)O. The first-order valence-electron chi connectivity index (χ1n) is 10.7. The van der Waals surface area contributed by atoms with Gasteiger partial charge in [-0.1, -0.05) is 50.1 Å². The fraction of sp³-hybridized carbons (Fsp3) is 0.545. The van der Waals surface area contributed by atoms with Gasteiger partial charge in [0.2, 0.25) is 0 Å². The molecule has 1 N–H and O–H groups in total. The molecule has 6 nitrogen and oxygen atoms in total. The predicted octanol–water partition coefficient (Wildman–Crippen LogP) is 6.22. The molecule has 160 valence electrons. The van der Waals surface area contributed by atoms with E-state index in [-0.39, 0.29) is 3.89 Å². The summed E-state index contributed by atoms with van der Waals surface area (Å²) < 4.78 is 23.2. The summed E-state index contributed by atoms with van der Waals surface area (Å²) in [6.07, 6.45) is 3.76. The van der Waals surface area contributed by atoms with E-state index in [0.29, 0.717) is 13.1 Å². The summed E-state index contributed by atoms with van der Waals surface area (Å²) in [5, 5.41) is 12.7. The average molecular weight is 420 g/mol. The predicted molar refractivity (Wildman–Crippen MR) is 124 cm³/mol. The lowest BCUT2D eigenvalue weighted by atomic mass is 10.1. The summed E-state index contributed by atoms with van der Waals surface area (Å²) in [7, 11) is 0. The molecular weight excluding hydrogens is 384 g/mol. The number of hydrogen-bond acceptors (Lipinski definition) is 3. The summed E-state index contributed by atoms with van der Waals surface area (Å²) in [6, 6.07) is 11.9. The Hall–Kier alpha value is -1.83. The highest BCUT2D eigenvalue weighted by atomic mass is 32.2. The van der Waals surface area contributed by atoms with Crippen LogP contribution < -0.4 is 3.89 Å². The van der Waals surface area contributed by atoms with Crippen LogP contribution in [0.4, 0.5) is 11.4 Å². The van der Waals surface area contributed by atoms with Gasteiger partial charge in [0.1, 0.15) is 0 Å². The molecule has 2 aromatic rings. The molecule has 0 saturated heterocycles. The van der Waals surface area contributed by atoms with Crippen LogP contribution in [0.1, 0.15) is 53.4 Å². The zero-order valence-corrected chi connectivity index (χ0v) is 19.0. The lowest BCUT2D eigenvalue weighted by Crippen LogP contribution is -2.52. The molecule has 29 heavy (non-hydrogen) atoms. The molecular formula is C22H35N4O2S+. The average Bonchev–Trinajstić information content (AvgIpc) is 2.75. The first kappa shape index (κ1) is 23.4. The number of nitrogens with zero attached hydrogens (tertiary/aromatic N) is 4. The van der Waals surface area contributed by atoms with E-state index in [1.807, 2.05) is 55.3 Å². The second kappa shape index (κ2) is 11.4. The molecule has 0 spiro atoms. The van der Waals surface area contributed by atoms with E-state index in [2.05, 4.69) is 24.2 Å². The van der Waals surface area contributed by atoms with Crippen molar-refractivity contribution in [1.82, 2.24) is 8.90 Å². The van der Waals surface area contributed by atoms with E-state index in [9.17, 15) is 8.76 Å². The fourth-order valence-electron chi connectivity index (χ4n) is 3.59. The highest BCUT2D eigenvalue weighted by molar-refractivity contribution is 7.78. The van der Waals surface area contributed by atoms with Crippen molar-refractivity contribution in [1.29, 1.82) is 0 Å². The number of rotatable bonds is 12. The molecule has 0 saturated carbocycles. The van der Waals surface area contributed by atoms with Crippen molar-refractivity contribution in [3.8, 4) is 0 Å². The van der Waals surface area contributed by atoms with Crippen molar-refractivity contribution in [2.75, 3.05) is 26.2 Å². The van der Waals surface area contributed by atoms with Crippen molar-refractivity contribution < 1.29 is 8.76 Å². The van der Waals surface area contributed by atoms with Crippen LogP contribution in [0.15, 0.2) is 46.7 Å². The monoisotopic (exact) mass is 419 g/mol. The minimum atomic E-state index is -2.02. The van der Waals surface area contributed by atoms with Crippen molar-refractivity contribution in [3.05, 3.63) is 36.4 Å². The lowest BCUT2D eigenvalue weighted by molar-refractivity contribution is 0.301. The van der Waals surface area contributed by atoms with Crippen molar-refractivity contribution in [2.45, 2.75) is 53.4 Å². The molecule has 2 rings (SSSR count). The van der Waals surface area contributed by atoms with Gasteiger partial charge in [0, 0.05) is 29.9 Å². The fourth-order valence-corrected chi connectivity index (χ4v) is 4.49. The van der Waals surface area contributed by atoms with Gasteiger partial charge in [-0.25, -0.2) is 0 Å². The molecule has 0 aliphatic carbocycles. The minimum absolute atomic E-state index is 0.0790. The summed E-state index contributed by atoms with van der Waals surface area (Å²) in [5.41, 5.74) is 1.68. The molecule has 2 aromatic carbocycles. The molecule has 0 bridgehead atoms. The summed E-state index contributed by atoms with van der Waals surface area (Å²) in [6.45, 7) is 11.2. The number of hydrogen-bond donors (Lipinski definition) is 1. The quantitative estimate of drug-likeness (QED) is 0.192. The van der Waals surface area contributed by atoms with Gasteiger partial charge in [-0.15, -0.1) is 5.11 Å². The Bertz CT molecular complexity index is 829. The summed E-state index contributed by atoms with van der Waals surface area (Å²) in [5.74, 6) is 0. The van der Waals surface area contributed by atoms with E-state index in [0.717, 1.165) is 60.9 Å². The van der Waals surface area contributed by atoms with Gasteiger partial charge in [-0.2, -0.15) is 8.10 Å². The Kier molecular flexibility index (Phi) is 9.20. The van der Waals surface area contributed by atoms with E-state index < -0.39 is 11.3 Å². The highest BCUT2D eigenvalue weighted by Gasteiger charge is 2.38. The Labute approximate surface area is 177 Å². The smallest absolute Gasteiger partial charge is 0.279 e. The van der Waals surface area contributed by atoms with Crippen LogP contribution in [0.25, 0.3) is 10.8 Å². The third kappa shape index (κ3) is 5.41. The van der Waals surface area contributed by atoms with E-state index >= 15 is 0 Å². The molecule has 0 aliphatic heterocycles. The maximum Gasteiger partial charge on any atom is 0.363 e. The maximum absolute atomic E-state index is 12.7. The zero-order valence-electron chi connectivity index (χ0n) is 18.2. The van der Waals surface area contributed by atoms with Gasteiger partial charge in [0.15, 0.2) is 5.69 Å². The third-order valence-corrected chi connectivity index (χ3v) is 6.53. The maximum atomic E-state index is 12.7. The van der Waals surface area contributed by atoms with E-state index in [1.165, 1.54) is 0 Å². The Morgan fingerprint density at radius 1 is 0.931 bits per heavy atom. The van der Waals surface area contributed by atoms with Crippen molar-refractivity contribution in [2.24, 2.45) is 10.3 Å². The molecule has 0 aliphatic rings. The standard InChI is InChI=1S/C22H34N4O2S/c1-5-9-17-26(29(27)28,18-10-6-2)22-16-15-21(23-24-25(7-3)8-4)19-13-11-12-14-20(19)22/h11-16H,5-10,17-18H2,1-4H3/p+1.